The van der Waals surface area contributed by atoms with Crippen LogP contribution in [-0.4, -0.2) is 11.7 Å². The maximum Gasteiger partial charge on any atom is 0.256 e. The number of benzene rings is 3. The molecule has 1 aliphatic rings. The van der Waals surface area contributed by atoms with Crippen LogP contribution in [-0.2, 0) is 6.42 Å². The molecule has 0 saturated carbocycles. The summed E-state index contributed by atoms with van der Waals surface area (Å²) in [4.78, 5) is 16.7. The van der Waals surface area contributed by atoms with Crippen molar-refractivity contribution in [1.82, 2.24) is 5.32 Å². The first-order valence-electron chi connectivity index (χ1n) is 9.78. The Morgan fingerprint density at radius 2 is 1.75 bits per heavy atom. The van der Waals surface area contributed by atoms with Crippen LogP contribution in [0.3, 0.4) is 0 Å². The van der Waals surface area contributed by atoms with Gasteiger partial charge in [0.1, 0.15) is 5.84 Å². The minimum atomic E-state index is -0.0930. The van der Waals surface area contributed by atoms with Crippen molar-refractivity contribution in [2.75, 3.05) is 0 Å². The number of fused-ring (bicyclic) bond motifs is 1. The predicted molar refractivity (Wildman–Crippen MR) is 116 cm³/mol. The van der Waals surface area contributed by atoms with Crippen molar-refractivity contribution in [1.29, 1.82) is 0 Å². The zero-order chi connectivity index (χ0) is 19.3. The van der Waals surface area contributed by atoms with E-state index in [0.29, 0.717) is 5.56 Å². The summed E-state index contributed by atoms with van der Waals surface area (Å²) in [5.74, 6) is 0.649. The molecule has 0 saturated heterocycles. The van der Waals surface area contributed by atoms with Crippen LogP contribution in [0.15, 0.2) is 83.5 Å². The van der Waals surface area contributed by atoms with Gasteiger partial charge in [0.15, 0.2) is 0 Å². The number of aryl methyl sites for hydroxylation is 2. The van der Waals surface area contributed by atoms with Gasteiger partial charge in [-0.1, -0.05) is 60.2 Å². The van der Waals surface area contributed by atoms with Gasteiger partial charge in [0.2, 0.25) is 0 Å². The number of nitrogens with one attached hydrogen (secondary N) is 1. The van der Waals surface area contributed by atoms with Crippen molar-refractivity contribution in [2.45, 2.75) is 32.6 Å². The molecular formula is C25H24N2O. The molecule has 28 heavy (non-hydrogen) atoms. The molecule has 0 spiro atoms. The van der Waals surface area contributed by atoms with Crippen LogP contribution in [0, 0.1) is 6.92 Å². The van der Waals surface area contributed by atoms with Crippen LogP contribution < -0.4 is 5.32 Å². The van der Waals surface area contributed by atoms with Crippen LogP contribution in [0.5, 0.6) is 0 Å². The lowest BCUT2D eigenvalue weighted by Gasteiger charge is -2.07. The average molecular weight is 368 g/mol. The Hall–Kier alpha value is -3.20. The second kappa shape index (κ2) is 8.22. The largest absolute Gasteiger partial charge is 0.310 e. The Kier molecular flexibility index (Phi) is 5.34. The van der Waals surface area contributed by atoms with Crippen LogP contribution in [0.4, 0.5) is 0 Å². The predicted octanol–water partition coefficient (Wildman–Crippen LogP) is 5.59. The summed E-state index contributed by atoms with van der Waals surface area (Å²) in [5, 5.41) is 5.51. The van der Waals surface area contributed by atoms with Gasteiger partial charge in [-0.15, -0.1) is 0 Å². The molecule has 0 aliphatic carbocycles. The van der Waals surface area contributed by atoms with E-state index in [4.69, 9.17) is 0 Å². The summed E-state index contributed by atoms with van der Waals surface area (Å²) in [5.41, 5.74) is 4.45. The van der Waals surface area contributed by atoms with Gasteiger partial charge in [0.05, 0.1) is 0 Å². The Bertz CT molecular complexity index is 1060. The van der Waals surface area contributed by atoms with Gasteiger partial charge in [-0.2, -0.15) is 0 Å². The second-order valence-electron chi connectivity index (χ2n) is 7.40. The van der Waals surface area contributed by atoms with Crippen LogP contribution in [0.1, 0.15) is 40.7 Å². The molecule has 0 bridgehead atoms. The molecule has 0 radical (unpaired) electrons. The second-order valence-corrected chi connectivity index (χ2v) is 7.40. The zero-order valence-corrected chi connectivity index (χ0v) is 16.1. The van der Waals surface area contributed by atoms with E-state index < -0.39 is 0 Å². The number of hydrogen-bond acceptors (Lipinski definition) is 2. The normalized spacial score (nSPS) is 13.3. The molecule has 1 amide bonds. The number of rotatable bonds is 5. The van der Waals surface area contributed by atoms with E-state index >= 15 is 0 Å². The maximum atomic E-state index is 12.3. The van der Waals surface area contributed by atoms with E-state index in [1.807, 2.05) is 37.4 Å². The zero-order valence-electron chi connectivity index (χ0n) is 16.1. The molecule has 3 heteroatoms. The summed E-state index contributed by atoms with van der Waals surface area (Å²) in [6, 6.07) is 22.7. The lowest BCUT2D eigenvalue weighted by Crippen LogP contribution is -2.29. The molecule has 1 heterocycles. The van der Waals surface area contributed by atoms with Crippen molar-refractivity contribution in [2.24, 2.45) is 4.99 Å². The maximum absolute atomic E-state index is 12.3. The highest BCUT2D eigenvalue weighted by Gasteiger charge is 2.14. The molecule has 3 nitrogen and oxygen atoms in total. The fourth-order valence-corrected chi connectivity index (χ4v) is 3.53. The van der Waals surface area contributed by atoms with Gasteiger partial charge in [0, 0.05) is 18.2 Å². The Labute approximate surface area is 165 Å². The summed E-state index contributed by atoms with van der Waals surface area (Å²) in [7, 11) is 0. The Balaban J connectivity index is 1.25. The SMILES string of the molecule is Cc1ccc(C(=O)NC2=NC=C(CCCc3ccc4ccccc4c3)C2)cc1. The van der Waals surface area contributed by atoms with Crippen molar-refractivity contribution in [3.8, 4) is 0 Å². The monoisotopic (exact) mass is 368 g/mol. The lowest BCUT2D eigenvalue weighted by atomic mass is 10.0. The van der Waals surface area contributed by atoms with Gasteiger partial charge >= 0.3 is 0 Å². The number of aliphatic imine (C=N–C) groups is 1. The third kappa shape index (κ3) is 4.37. The van der Waals surface area contributed by atoms with E-state index in [0.717, 1.165) is 37.1 Å². The molecule has 3 aromatic carbocycles. The molecule has 140 valence electrons. The number of amidine groups is 1. The Morgan fingerprint density at radius 1 is 0.964 bits per heavy atom. The highest BCUT2D eigenvalue weighted by atomic mass is 16.1. The first-order valence-corrected chi connectivity index (χ1v) is 9.78. The molecule has 4 rings (SSSR count). The van der Waals surface area contributed by atoms with Crippen molar-refractivity contribution in [3.63, 3.8) is 0 Å². The van der Waals surface area contributed by atoms with Gasteiger partial charge in [-0.05, 0) is 60.2 Å². The summed E-state index contributed by atoms with van der Waals surface area (Å²) in [6.45, 7) is 2.01. The molecule has 0 aromatic heterocycles. The topological polar surface area (TPSA) is 41.5 Å². The van der Waals surface area contributed by atoms with E-state index in [-0.39, 0.29) is 5.91 Å². The Morgan fingerprint density at radius 3 is 2.57 bits per heavy atom. The van der Waals surface area contributed by atoms with Gasteiger partial charge in [0.25, 0.3) is 5.91 Å². The van der Waals surface area contributed by atoms with Gasteiger partial charge in [-0.3, -0.25) is 4.79 Å². The van der Waals surface area contributed by atoms with Crippen molar-refractivity contribution in [3.05, 3.63) is 95.2 Å². The van der Waals surface area contributed by atoms with Gasteiger partial charge in [-0.25, -0.2) is 4.99 Å². The van der Waals surface area contributed by atoms with E-state index in [1.165, 1.54) is 21.9 Å². The van der Waals surface area contributed by atoms with Crippen molar-refractivity contribution < 1.29 is 4.79 Å². The minimum absolute atomic E-state index is 0.0930. The smallest absolute Gasteiger partial charge is 0.256 e. The van der Waals surface area contributed by atoms with E-state index in [1.54, 1.807) is 0 Å². The minimum Gasteiger partial charge on any atom is -0.310 e. The first kappa shape index (κ1) is 18.2. The van der Waals surface area contributed by atoms with E-state index in [2.05, 4.69) is 52.8 Å². The number of hydrogen-bond donors (Lipinski definition) is 1. The van der Waals surface area contributed by atoms with Crippen molar-refractivity contribution >= 4 is 22.5 Å². The fourth-order valence-electron chi connectivity index (χ4n) is 3.53. The molecule has 1 N–H and O–H groups in total. The summed E-state index contributed by atoms with van der Waals surface area (Å²) >= 11 is 0. The summed E-state index contributed by atoms with van der Waals surface area (Å²) in [6.07, 6.45) is 5.77. The number of amides is 1. The molecule has 0 atom stereocenters. The highest BCUT2D eigenvalue weighted by Crippen LogP contribution is 2.20. The first-order chi connectivity index (χ1) is 13.7. The summed E-state index contributed by atoms with van der Waals surface area (Å²) < 4.78 is 0. The number of carbonyl (C=O) groups excluding carboxylic acids is 1. The third-order valence-electron chi connectivity index (χ3n) is 5.15. The standard InChI is InChI=1S/C25H24N2O/c1-18-9-12-22(13-10-18)25(28)27-24-16-20(17-26-24)6-4-5-19-11-14-21-7-2-3-8-23(21)15-19/h2-3,7-15,17H,4-6,16H2,1H3,(H,26,27,28). The molecule has 0 fully saturated rings. The van der Waals surface area contributed by atoms with Crippen LogP contribution >= 0.6 is 0 Å². The molecule has 3 aromatic rings. The lowest BCUT2D eigenvalue weighted by molar-refractivity contribution is 0.0976. The number of nitrogens with zero attached hydrogens (tertiary/aromatic N) is 1. The molecule has 1 aliphatic heterocycles. The van der Waals surface area contributed by atoms with Gasteiger partial charge < -0.3 is 5.32 Å². The number of carbonyl (C=O) groups is 1. The average Bonchev–Trinajstić information content (AvgIpc) is 3.15. The third-order valence-corrected chi connectivity index (χ3v) is 5.15. The molecular weight excluding hydrogens is 344 g/mol. The quantitative estimate of drug-likeness (QED) is 0.627. The van der Waals surface area contributed by atoms with E-state index in [9.17, 15) is 4.79 Å². The fraction of sp³-hybridized carbons (Fsp3) is 0.200. The molecule has 0 unspecified atom stereocenters. The van der Waals surface area contributed by atoms with Crippen LogP contribution in [0.25, 0.3) is 10.8 Å². The van der Waals surface area contributed by atoms with Crippen LogP contribution in [0.2, 0.25) is 0 Å². The highest BCUT2D eigenvalue weighted by molar-refractivity contribution is 6.07.